The molecule has 0 atom stereocenters. The molecule has 0 radical (unpaired) electrons. The summed E-state index contributed by atoms with van der Waals surface area (Å²) in [5.41, 5.74) is 0.576. The van der Waals surface area contributed by atoms with Crippen molar-refractivity contribution in [3.05, 3.63) is 76.0 Å². The van der Waals surface area contributed by atoms with Gasteiger partial charge in [0.15, 0.2) is 0 Å². The summed E-state index contributed by atoms with van der Waals surface area (Å²) in [6, 6.07) is 13.9. The number of anilines is 1. The Morgan fingerprint density at radius 3 is 2.48 bits per heavy atom. The minimum atomic E-state index is -0.885. The number of imide groups is 2. The Balaban J connectivity index is 1.68. The fourth-order valence-corrected chi connectivity index (χ4v) is 3.55. The Morgan fingerprint density at radius 2 is 1.77 bits per heavy atom. The van der Waals surface area contributed by atoms with Gasteiger partial charge in [-0.3, -0.25) is 14.9 Å². The number of nitrogens with zero attached hydrogens (tertiary/aromatic N) is 1. The molecule has 3 aromatic rings. The zero-order valence-electron chi connectivity index (χ0n) is 16.0. The molecule has 2 heterocycles. The number of hydrogen-bond donors (Lipinski definition) is 1. The lowest BCUT2D eigenvalue weighted by molar-refractivity contribution is -0.122. The van der Waals surface area contributed by atoms with Crippen LogP contribution < -0.4 is 15.0 Å². The summed E-state index contributed by atoms with van der Waals surface area (Å²) in [5, 5.41) is 2.85. The monoisotopic (exact) mass is 456 g/mol. The Hall–Kier alpha value is -3.55. The van der Waals surface area contributed by atoms with Crippen LogP contribution in [0.25, 0.3) is 17.4 Å². The molecule has 1 N–H and O–H groups in total. The Labute approximate surface area is 186 Å². The molecule has 9 heteroatoms. The summed E-state index contributed by atoms with van der Waals surface area (Å²) >= 11 is 12.3. The number of halogens is 2. The Bertz CT molecular complexity index is 1250. The second-order valence-corrected chi connectivity index (χ2v) is 7.27. The van der Waals surface area contributed by atoms with Crippen LogP contribution in [0, 0.1) is 0 Å². The average Bonchev–Trinajstić information content (AvgIpc) is 3.20. The van der Waals surface area contributed by atoms with E-state index < -0.39 is 17.8 Å². The average molecular weight is 457 g/mol. The number of barbiturate groups is 1. The minimum Gasteiger partial charge on any atom is -0.495 e. The van der Waals surface area contributed by atoms with E-state index in [0.717, 1.165) is 4.90 Å². The van der Waals surface area contributed by atoms with Crippen LogP contribution >= 0.6 is 23.2 Å². The van der Waals surface area contributed by atoms with Gasteiger partial charge in [-0.2, -0.15) is 0 Å². The molecular formula is C22H14Cl2N2O5. The highest BCUT2D eigenvalue weighted by Crippen LogP contribution is 2.32. The van der Waals surface area contributed by atoms with Crippen LogP contribution in [0.2, 0.25) is 10.0 Å². The van der Waals surface area contributed by atoms with Crippen molar-refractivity contribution in [2.24, 2.45) is 0 Å². The third-order valence-corrected chi connectivity index (χ3v) is 5.17. The van der Waals surface area contributed by atoms with Crippen LogP contribution in [0.5, 0.6) is 5.75 Å². The fraction of sp³-hybridized carbons (Fsp3) is 0.0455. The number of furan rings is 1. The smallest absolute Gasteiger partial charge is 0.335 e. The highest BCUT2D eigenvalue weighted by atomic mass is 35.5. The summed E-state index contributed by atoms with van der Waals surface area (Å²) in [4.78, 5) is 38.5. The molecule has 4 rings (SSSR count). The Kier molecular flexibility index (Phi) is 5.54. The van der Waals surface area contributed by atoms with E-state index in [1.165, 1.54) is 31.4 Å². The number of urea groups is 1. The lowest BCUT2D eigenvalue weighted by atomic mass is 10.1. The first-order chi connectivity index (χ1) is 14.9. The van der Waals surface area contributed by atoms with Gasteiger partial charge in [-0.05, 0) is 48.5 Å². The molecule has 0 unspecified atom stereocenters. The first-order valence-electron chi connectivity index (χ1n) is 8.99. The van der Waals surface area contributed by atoms with Gasteiger partial charge in [-0.1, -0.05) is 35.3 Å². The van der Waals surface area contributed by atoms with Gasteiger partial charge in [0.05, 0.1) is 22.8 Å². The van der Waals surface area contributed by atoms with E-state index in [1.54, 1.807) is 30.3 Å². The molecule has 0 aliphatic carbocycles. The molecule has 2 aromatic carbocycles. The van der Waals surface area contributed by atoms with E-state index >= 15 is 0 Å². The molecular weight excluding hydrogens is 443 g/mol. The Morgan fingerprint density at radius 1 is 1.00 bits per heavy atom. The van der Waals surface area contributed by atoms with Crippen LogP contribution in [0.15, 0.2) is 64.6 Å². The van der Waals surface area contributed by atoms with Crippen LogP contribution in [0.4, 0.5) is 10.5 Å². The van der Waals surface area contributed by atoms with Crippen LogP contribution in [0.3, 0.4) is 0 Å². The number of hydrogen-bond acceptors (Lipinski definition) is 5. The number of carbonyl (C=O) groups is 3. The minimum absolute atomic E-state index is 0.183. The van der Waals surface area contributed by atoms with Crippen molar-refractivity contribution in [3.63, 3.8) is 0 Å². The summed E-state index contributed by atoms with van der Waals surface area (Å²) < 4.78 is 10.8. The molecule has 0 bridgehead atoms. The summed E-state index contributed by atoms with van der Waals surface area (Å²) in [6.07, 6.45) is 1.27. The normalized spacial score (nSPS) is 15.4. The van der Waals surface area contributed by atoms with Gasteiger partial charge < -0.3 is 9.15 Å². The largest absolute Gasteiger partial charge is 0.495 e. The van der Waals surface area contributed by atoms with E-state index in [2.05, 4.69) is 5.32 Å². The van der Waals surface area contributed by atoms with Crippen molar-refractivity contribution >= 4 is 52.8 Å². The third-order valence-electron chi connectivity index (χ3n) is 4.55. The fourth-order valence-electron chi connectivity index (χ4n) is 3.06. The van der Waals surface area contributed by atoms with Crippen LogP contribution in [-0.2, 0) is 9.59 Å². The summed E-state index contributed by atoms with van der Waals surface area (Å²) in [7, 11) is 1.44. The second-order valence-electron chi connectivity index (χ2n) is 6.46. The molecule has 1 aliphatic rings. The van der Waals surface area contributed by atoms with E-state index in [4.69, 9.17) is 32.4 Å². The van der Waals surface area contributed by atoms with Gasteiger partial charge in [-0.25, -0.2) is 9.69 Å². The topological polar surface area (TPSA) is 88.8 Å². The van der Waals surface area contributed by atoms with Crippen LogP contribution in [0.1, 0.15) is 5.76 Å². The predicted molar refractivity (Wildman–Crippen MR) is 116 cm³/mol. The second kappa shape index (κ2) is 8.29. The molecule has 0 saturated carbocycles. The first kappa shape index (κ1) is 20.7. The molecule has 1 aliphatic heterocycles. The molecule has 1 fully saturated rings. The van der Waals surface area contributed by atoms with Gasteiger partial charge >= 0.3 is 6.03 Å². The number of amides is 4. The number of carbonyl (C=O) groups excluding carboxylic acids is 3. The van der Waals surface area contributed by atoms with Crippen molar-refractivity contribution in [2.45, 2.75) is 0 Å². The van der Waals surface area contributed by atoms with E-state index in [-0.39, 0.29) is 22.0 Å². The standard InChI is InChI=1S/C22H14Cl2N2O5/c1-30-19-8-6-12(10-17(19)24)26-21(28)15(20(27)25-22(26)29)11-13-7-9-18(31-13)14-4-2-3-5-16(14)23/h2-11H,1H3,(H,25,27,29)/b15-11-. The van der Waals surface area contributed by atoms with Gasteiger partial charge in [0.25, 0.3) is 11.8 Å². The lowest BCUT2D eigenvalue weighted by Crippen LogP contribution is -2.54. The zero-order valence-corrected chi connectivity index (χ0v) is 17.5. The first-order valence-corrected chi connectivity index (χ1v) is 9.74. The van der Waals surface area contributed by atoms with E-state index in [9.17, 15) is 14.4 Å². The summed E-state index contributed by atoms with van der Waals surface area (Å²) in [5.74, 6) is -0.552. The number of methoxy groups -OCH3 is 1. The maximum absolute atomic E-state index is 13.0. The highest BCUT2D eigenvalue weighted by molar-refractivity contribution is 6.39. The molecule has 156 valence electrons. The molecule has 7 nitrogen and oxygen atoms in total. The maximum atomic E-state index is 13.0. The summed E-state index contributed by atoms with van der Waals surface area (Å²) in [6.45, 7) is 0. The molecule has 0 spiro atoms. The molecule has 31 heavy (non-hydrogen) atoms. The number of benzene rings is 2. The van der Waals surface area contributed by atoms with Gasteiger partial charge in [0, 0.05) is 5.56 Å². The SMILES string of the molecule is COc1ccc(N2C(=O)NC(=O)/C(=C/c3ccc(-c4ccccc4Cl)o3)C2=O)cc1Cl. The number of nitrogens with one attached hydrogen (secondary N) is 1. The molecule has 1 aromatic heterocycles. The van der Waals surface area contributed by atoms with E-state index in [1.807, 2.05) is 6.07 Å². The quantitative estimate of drug-likeness (QED) is 0.444. The van der Waals surface area contributed by atoms with Crippen molar-refractivity contribution in [1.29, 1.82) is 0 Å². The van der Waals surface area contributed by atoms with Crippen LogP contribution in [-0.4, -0.2) is 25.0 Å². The van der Waals surface area contributed by atoms with Crippen molar-refractivity contribution in [2.75, 3.05) is 12.0 Å². The van der Waals surface area contributed by atoms with Crippen molar-refractivity contribution in [1.82, 2.24) is 5.32 Å². The number of rotatable bonds is 4. The number of ether oxygens (including phenoxy) is 1. The van der Waals surface area contributed by atoms with Gasteiger partial charge in [0.1, 0.15) is 22.8 Å². The van der Waals surface area contributed by atoms with E-state index in [0.29, 0.717) is 22.1 Å². The van der Waals surface area contributed by atoms with Gasteiger partial charge in [-0.15, -0.1) is 0 Å². The molecule has 1 saturated heterocycles. The van der Waals surface area contributed by atoms with Crippen molar-refractivity contribution in [3.8, 4) is 17.1 Å². The van der Waals surface area contributed by atoms with Crippen molar-refractivity contribution < 1.29 is 23.5 Å². The maximum Gasteiger partial charge on any atom is 0.335 e. The lowest BCUT2D eigenvalue weighted by Gasteiger charge is -2.26. The predicted octanol–water partition coefficient (Wildman–Crippen LogP) is 4.93. The van der Waals surface area contributed by atoms with Gasteiger partial charge in [0.2, 0.25) is 0 Å². The zero-order chi connectivity index (χ0) is 22.1. The highest BCUT2D eigenvalue weighted by Gasteiger charge is 2.37. The molecule has 4 amide bonds. The third kappa shape index (κ3) is 3.93.